The Hall–Kier alpha value is -0.820. The summed E-state index contributed by atoms with van der Waals surface area (Å²) < 4.78 is 22.9. The Labute approximate surface area is 127 Å². The van der Waals surface area contributed by atoms with Crippen LogP contribution in [-0.4, -0.2) is 32.3 Å². The van der Waals surface area contributed by atoms with Crippen LogP contribution in [-0.2, 0) is 10.0 Å². The summed E-state index contributed by atoms with van der Waals surface area (Å²) in [7, 11) is -4.03. The number of sulfonamides is 1. The fraction of sp³-hybridized carbons (Fsp3) is 0.417. The number of carbonyl (C=O) groups excluding carboxylic acids is 1. The van der Waals surface area contributed by atoms with Crippen molar-refractivity contribution in [3.8, 4) is 0 Å². The molecule has 2 rings (SSSR count). The summed E-state index contributed by atoms with van der Waals surface area (Å²) in [5, 5.41) is 5.00. The van der Waals surface area contributed by atoms with Crippen molar-refractivity contribution in [3.63, 3.8) is 0 Å². The Morgan fingerprint density at radius 2 is 2.05 bits per heavy atom. The number of hydrogen-bond acceptors (Lipinski definition) is 3. The largest absolute Gasteiger partial charge is 0.338 e. The average Bonchev–Trinajstić information content (AvgIpc) is 2.76. The van der Waals surface area contributed by atoms with E-state index in [2.05, 4.69) is 0 Å². The van der Waals surface area contributed by atoms with Crippen molar-refractivity contribution >= 4 is 39.1 Å². The molecule has 1 atom stereocenters. The van der Waals surface area contributed by atoms with E-state index in [9.17, 15) is 13.2 Å². The van der Waals surface area contributed by atoms with E-state index in [1.54, 1.807) is 4.90 Å². The molecule has 110 valence electrons. The van der Waals surface area contributed by atoms with E-state index in [1.807, 2.05) is 6.92 Å². The zero-order chi connectivity index (χ0) is 15.1. The molecule has 0 bridgehead atoms. The minimum atomic E-state index is -4.03. The Kier molecular flexibility index (Phi) is 4.30. The van der Waals surface area contributed by atoms with Crippen molar-refractivity contribution in [1.82, 2.24) is 4.90 Å². The van der Waals surface area contributed by atoms with Gasteiger partial charge in [-0.3, -0.25) is 4.79 Å². The SMILES string of the molecule is CC1CCN(C(=O)c2cc(Cl)cc(S(N)(=O)=O)c2Cl)C1. The first-order valence-corrected chi connectivity index (χ1v) is 8.31. The van der Waals surface area contributed by atoms with Gasteiger partial charge < -0.3 is 4.90 Å². The molecule has 2 N–H and O–H groups in total. The lowest BCUT2D eigenvalue weighted by atomic mass is 10.2. The van der Waals surface area contributed by atoms with Crippen molar-refractivity contribution in [2.24, 2.45) is 11.1 Å². The summed E-state index contributed by atoms with van der Waals surface area (Å²) in [4.78, 5) is 13.7. The van der Waals surface area contributed by atoms with Crippen molar-refractivity contribution in [2.75, 3.05) is 13.1 Å². The van der Waals surface area contributed by atoms with Gasteiger partial charge in [0, 0.05) is 18.1 Å². The molecule has 1 fully saturated rings. The molecule has 1 aromatic rings. The highest BCUT2D eigenvalue weighted by Crippen LogP contribution is 2.30. The van der Waals surface area contributed by atoms with E-state index in [4.69, 9.17) is 28.3 Å². The lowest BCUT2D eigenvalue weighted by Crippen LogP contribution is -2.29. The van der Waals surface area contributed by atoms with Gasteiger partial charge in [0.25, 0.3) is 5.91 Å². The second kappa shape index (κ2) is 5.52. The van der Waals surface area contributed by atoms with E-state index in [0.29, 0.717) is 19.0 Å². The van der Waals surface area contributed by atoms with Gasteiger partial charge >= 0.3 is 0 Å². The highest BCUT2D eigenvalue weighted by atomic mass is 35.5. The minimum Gasteiger partial charge on any atom is -0.338 e. The van der Waals surface area contributed by atoms with E-state index in [0.717, 1.165) is 12.5 Å². The number of nitrogens with zero attached hydrogens (tertiary/aromatic N) is 1. The molecular weight excluding hydrogens is 323 g/mol. The van der Waals surface area contributed by atoms with Crippen LogP contribution >= 0.6 is 23.2 Å². The number of likely N-dealkylation sites (tertiary alicyclic amines) is 1. The van der Waals surface area contributed by atoms with Gasteiger partial charge in [-0.05, 0) is 24.5 Å². The number of halogens is 2. The Morgan fingerprint density at radius 3 is 2.55 bits per heavy atom. The number of primary sulfonamides is 1. The Bertz CT molecular complexity index is 661. The Balaban J connectivity index is 2.47. The van der Waals surface area contributed by atoms with Crippen LogP contribution in [0.25, 0.3) is 0 Å². The second-order valence-corrected chi connectivity index (χ2v) is 7.30. The number of hydrogen-bond donors (Lipinski definition) is 1. The predicted molar refractivity (Wildman–Crippen MR) is 77.5 cm³/mol. The van der Waals surface area contributed by atoms with Gasteiger partial charge in [0.15, 0.2) is 0 Å². The summed E-state index contributed by atoms with van der Waals surface area (Å²) >= 11 is 11.9. The fourth-order valence-electron chi connectivity index (χ4n) is 2.22. The summed E-state index contributed by atoms with van der Waals surface area (Å²) in [6.45, 7) is 3.28. The molecule has 1 unspecified atom stereocenters. The van der Waals surface area contributed by atoms with Gasteiger partial charge in [0.2, 0.25) is 10.0 Å². The monoisotopic (exact) mass is 336 g/mol. The summed E-state index contributed by atoms with van der Waals surface area (Å²) in [6.07, 6.45) is 0.909. The molecule has 5 nitrogen and oxygen atoms in total. The molecule has 1 heterocycles. The van der Waals surface area contributed by atoms with Crippen molar-refractivity contribution in [1.29, 1.82) is 0 Å². The predicted octanol–water partition coefficient (Wildman–Crippen LogP) is 2.12. The fourth-order valence-corrected chi connectivity index (χ4v) is 3.66. The van der Waals surface area contributed by atoms with E-state index < -0.39 is 10.0 Å². The van der Waals surface area contributed by atoms with Crippen molar-refractivity contribution in [2.45, 2.75) is 18.2 Å². The zero-order valence-corrected chi connectivity index (χ0v) is 13.1. The third kappa shape index (κ3) is 3.09. The number of nitrogens with two attached hydrogens (primary N) is 1. The van der Waals surface area contributed by atoms with Gasteiger partial charge in [-0.25, -0.2) is 13.6 Å². The molecule has 1 aromatic carbocycles. The van der Waals surface area contributed by atoms with Crippen LogP contribution < -0.4 is 5.14 Å². The Morgan fingerprint density at radius 1 is 1.40 bits per heavy atom. The maximum atomic E-state index is 12.4. The average molecular weight is 337 g/mol. The molecule has 0 saturated carbocycles. The first-order chi connectivity index (χ1) is 9.20. The van der Waals surface area contributed by atoms with Gasteiger partial charge in [-0.1, -0.05) is 30.1 Å². The third-order valence-corrected chi connectivity index (χ3v) is 4.92. The molecule has 1 saturated heterocycles. The summed E-state index contributed by atoms with van der Waals surface area (Å²) in [6, 6.07) is 2.51. The van der Waals surface area contributed by atoms with Gasteiger partial charge in [0.05, 0.1) is 10.6 Å². The molecule has 8 heteroatoms. The number of rotatable bonds is 2. The van der Waals surface area contributed by atoms with Crippen LogP contribution in [0.4, 0.5) is 0 Å². The van der Waals surface area contributed by atoms with Gasteiger partial charge in [-0.2, -0.15) is 0 Å². The zero-order valence-electron chi connectivity index (χ0n) is 10.8. The van der Waals surface area contributed by atoms with Crippen LogP contribution in [0, 0.1) is 5.92 Å². The van der Waals surface area contributed by atoms with Crippen LogP contribution in [0.3, 0.4) is 0 Å². The van der Waals surface area contributed by atoms with Crippen LogP contribution in [0.2, 0.25) is 10.0 Å². The molecular formula is C12H14Cl2N2O3S. The molecule has 20 heavy (non-hydrogen) atoms. The standard InChI is InChI=1S/C12H14Cl2N2O3S/c1-7-2-3-16(6-7)12(17)9-4-8(13)5-10(11(9)14)20(15,18)19/h4-5,7H,2-3,6H2,1H3,(H2,15,18,19). The minimum absolute atomic E-state index is 0.0669. The highest BCUT2D eigenvalue weighted by molar-refractivity contribution is 7.89. The van der Waals surface area contributed by atoms with Gasteiger partial charge in [-0.15, -0.1) is 0 Å². The summed E-state index contributed by atoms with van der Waals surface area (Å²) in [5.74, 6) is 0.0846. The quantitative estimate of drug-likeness (QED) is 0.898. The lowest BCUT2D eigenvalue weighted by Gasteiger charge is -2.17. The van der Waals surface area contributed by atoms with E-state index in [-0.39, 0.29) is 26.4 Å². The lowest BCUT2D eigenvalue weighted by molar-refractivity contribution is 0.0788. The topological polar surface area (TPSA) is 80.5 Å². The smallest absolute Gasteiger partial charge is 0.255 e. The van der Waals surface area contributed by atoms with E-state index in [1.165, 1.54) is 6.07 Å². The van der Waals surface area contributed by atoms with Crippen molar-refractivity contribution in [3.05, 3.63) is 27.7 Å². The van der Waals surface area contributed by atoms with Crippen LogP contribution in [0.5, 0.6) is 0 Å². The number of amides is 1. The molecule has 0 aliphatic carbocycles. The number of benzene rings is 1. The van der Waals surface area contributed by atoms with Crippen molar-refractivity contribution < 1.29 is 13.2 Å². The molecule has 1 amide bonds. The third-order valence-electron chi connectivity index (χ3n) is 3.25. The molecule has 0 radical (unpaired) electrons. The maximum absolute atomic E-state index is 12.4. The van der Waals surface area contributed by atoms with E-state index >= 15 is 0 Å². The summed E-state index contributed by atoms with van der Waals surface area (Å²) in [5.41, 5.74) is 0.0669. The van der Waals surface area contributed by atoms with Crippen LogP contribution in [0.1, 0.15) is 23.7 Å². The maximum Gasteiger partial charge on any atom is 0.255 e. The molecule has 0 aromatic heterocycles. The first-order valence-electron chi connectivity index (χ1n) is 6.01. The van der Waals surface area contributed by atoms with Gasteiger partial charge in [0.1, 0.15) is 4.90 Å². The first kappa shape index (κ1) is 15.6. The molecule has 0 spiro atoms. The van der Waals surface area contributed by atoms with Crippen LogP contribution in [0.15, 0.2) is 17.0 Å². The highest BCUT2D eigenvalue weighted by Gasteiger charge is 2.28. The second-order valence-electron chi connectivity index (χ2n) is 4.96. The number of carbonyl (C=O) groups is 1. The molecule has 1 aliphatic heterocycles. The molecule has 1 aliphatic rings. The normalized spacial score (nSPS) is 19.4.